The van der Waals surface area contributed by atoms with Gasteiger partial charge in [-0.3, -0.25) is 19.7 Å². The van der Waals surface area contributed by atoms with Crippen LogP contribution in [0.25, 0.3) is 0 Å². The first-order chi connectivity index (χ1) is 11.8. The van der Waals surface area contributed by atoms with Crippen molar-refractivity contribution < 1.29 is 29.2 Å². The first kappa shape index (κ1) is 17.0. The van der Waals surface area contributed by atoms with E-state index in [1.54, 1.807) is 0 Å². The van der Waals surface area contributed by atoms with Crippen molar-refractivity contribution in [2.24, 2.45) is 5.92 Å². The highest BCUT2D eigenvalue weighted by atomic mass is 16.6. The molecule has 0 radical (unpaired) electrons. The molecule has 0 bridgehead atoms. The van der Waals surface area contributed by atoms with Crippen LogP contribution in [0.5, 0.6) is 0 Å². The lowest BCUT2D eigenvalue weighted by Gasteiger charge is -2.45. The van der Waals surface area contributed by atoms with Gasteiger partial charge in [-0.2, -0.15) is 0 Å². The molecular weight excluding hydrogens is 332 g/mol. The van der Waals surface area contributed by atoms with Crippen LogP contribution < -0.4 is 0 Å². The third kappa shape index (κ3) is 2.86. The SMILES string of the molecule is C[C@@H](O)C1C(=O)N2C(C(=O)OCc3ccc([N+](=O)[O-])cc3)C(=O)C[C@@H]12. The monoisotopic (exact) mass is 348 g/mol. The van der Waals surface area contributed by atoms with Gasteiger partial charge in [0, 0.05) is 18.6 Å². The number of nitro groups is 1. The molecule has 2 aliphatic heterocycles. The lowest BCUT2D eigenvalue weighted by molar-refractivity contribution is -0.384. The quantitative estimate of drug-likeness (QED) is 0.264. The molecule has 9 nitrogen and oxygen atoms in total. The molecule has 9 heteroatoms. The van der Waals surface area contributed by atoms with Gasteiger partial charge in [0.2, 0.25) is 5.91 Å². The summed E-state index contributed by atoms with van der Waals surface area (Å²) < 4.78 is 5.09. The van der Waals surface area contributed by atoms with Crippen molar-refractivity contribution in [3.05, 3.63) is 39.9 Å². The van der Waals surface area contributed by atoms with Crippen molar-refractivity contribution in [3.8, 4) is 0 Å². The van der Waals surface area contributed by atoms with Crippen LogP contribution in [0.1, 0.15) is 18.9 Å². The van der Waals surface area contributed by atoms with Crippen LogP contribution in [0.2, 0.25) is 0 Å². The number of hydrogen-bond donors (Lipinski definition) is 1. The number of amides is 1. The van der Waals surface area contributed by atoms with Crippen molar-refractivity contribution in [2.45, 2.75) is 38.1 Å². The highest BCUT2D eigenvalue weighted by molar-refractivity contribution is 6.11. The van der Waals surface area contributed by atoms with Crippen LogP contribution >= 0.6 is 0 Å². The number of fused-ring (bicyclic) bond motifs is 1. The summed E-state index contributed by atoms with van der Waals surface area (Å²) >= 11 is 0. The number of aliphatic hydroxyl groups excluding tert-OH is 1. The molecule has 2 unspecified atom stereocenters. The zero-order chi connectivity index (χ0) is 18.3. The molecule has 0 aliphatic carbocycles. The van der Waals surface area contributed by atoms with Crippen molar-refractivity contribution in [3.63, 3.8) is 0 Å². The molecule has 4 atom stereocenters. The smallest absolute Gasteiger partial charge is 0.337 e. The maximum Gasteiger partial charge on any atom is 0.337 e. The normalized spacial score (nSPS) is 26.0. The van der Waals surface area contributed by atoms with Crippen LogP contribution in [0.15, 0.2) is 24.3 Å². The summed E-state index contributed by atoms with van der Waals surface area (Å²) in [4.78, 5) is 47.6. The fraction of sp³-hybridized carbons (Fsp3) is 0.438. The summed E-state index contributed by atoms with van der Waals surface area (Å²) in [7, 11) is 0. The number of nitrogens with zero attached hydrogens (tertiary/aromatic N) is 2. The van der Waals surface area contributed by atoms with Crippen LogP contribution in [-0.4, -0.2) is 50.8 Å². The highest BCUT2D eigenvalue weighted by Gasteiger charge is 2.61. The number of Topliss-reactive ketones (excluding diaryl/α,β-unsaturated/α-hetero) is 1. The summed E-state index contributed by atoms with van der Waals surface area (Å²) in [6, 6.07) is 3.73. The second kappa shape index (κ2) is 6.25. The second-order valence-corrected chi connectivity index (χ2v) is 6.18. The lowest BCUT2D eigenvalue weighted by atomic mass is 9.84. The maximum atomic E-state index is 12.2. The van der Waals surface area contributed by atoms with Gasteiger partial charge in [-0.15, -0.1) is 0 Å². The molecule has 1 aromatic carbocycles. The van der Waals surface area contributed by atoms with Crippen LogP contribution in [0, 0.1) is 16.0 Å². The Labute approximate surface area is 142 Å². The number of ketones is 1. The third-order valence-corrected chi connectivity index (χ3v) is 4.58. The zero-order valence-corrected chi connectivity index (χ0v) is 13.3. The highest BCUT2D eigenvalue weighted by Crippen LogP contribution is 2.40. The molecule has 0 spiro atoms. The minimum Gasteiger partial charge on any atom is -0.459 e. The number of hydrogen-bond acceptors (Lipinski definition) is 7. The number of nitro benzene ring substituents is 1. The third-order valence-electron chi connectivity index (χ3n) is 4.58. The van der Waals surface area contributed by atoms with Gasteiger partial charge in [0.05, 0.1) is 23.0 Å². The topological polar surface area (TPSA) is 127 Å². The minimum atomic E-state index is -1.27. The Hall–Kier alpha value is -2.81. The van der Waals surface area contributed by atoms with E-state index in [-0.39, 0.29) is 18.7 Å². The summed E-state index contributed by atoms with van der Waals surface area (Å²) in [5, 5.41) is 20.2. The summed E-state index contributed by atoms with van der Waals surface area (Å²) in [5.41, 5.74) is 0.442. The number of esters is 1. The largest absolute Gasteiger partial charge is 0.459 e. The molecule has 3 rings (SSSR count). The Balaban J connectivity index is 1.63. The van der Waals surface area contributed by atoms with E-state index in [1.807, 2.05) is 0 Å². The Morgan fingerprint density at radius 2 is 2.04 bits per heavy atom. The standard InChI is InChI=1S/C16H16N2O7/c1-8(19)13-11-6-12(20)14(17(11)15(13)21)16(22)25-7-9-2-4-10(5-3-9)18(23)24/h2-5,8,11,13-14,19H,6-7H2,1H3/t8-,11+,13?,14?/m1/s1. The second-order valence-electron chi connectivity index (χ2n) is 6.18. The Morgan fingerprint density at radius 3 is 2.60 bits per heavy atom. The van der Waals surface area contributed by atoms with Gasteiger partial charge in [0.1, 0.15) is 6.61 Å². The van der Waals surface area contributed by atoms with E-state index in [9.17, 15) is 29.6 Å². The van der Waals surface area contributed by atoms with E-state index in [0.29, 0.717) is 5.56 Å². The first-order valence-electron chi connectivity index (χ1n) is 7.74. The van der Waals surface area contributed by atoms with E-state index in [1.165, 1.54) is 36.1 Å². The number of benzene rings is 1. The molecule has 132 valence electrons. The first-order valence-corrected chi connectivity index (χ1v) is 7.74. The zero-order valence-electron chi connectivity index (χ0n) is 13.3. The molecule has 2 fully saturated rings. The van der Waals surface area contributed by atoms with Gasteiger partial charge < -0.3 is 14.7 Å². The van der Waals surface area contributed by atoms with E-state index in [2.05, 4.69) is 0 Å². The van der Waals surface area contributed by atoms with E-state index < -0.39 is 46.7 Å². The molecule has 25 heavy (non-hydrogen) atoms. The number of aliphatic hydroxyl groups is 1. The molecule has 2 aliphatic rings. The molecule has 1 aromatic rings. The molecule has 1 amide bonds. The average molecular weight is 348 g/mol. The number of non-ortho nitro benzene ring substituents is 1. The number of carbonyl (C=O) groups excluding carboxylic acids is 3. The predicted octanol–water partition coefficient (Wildman–Crippen LogP) is 0.187. The van der Waals surface area contributed by atoms with Crippen LogP contribution in [0.4, 0.5) is 5.69 Å². The van der Waals surface area contributed by atoms with E-state index >= 15 is 0 Å². The van der Waals surface area contributed by atoms with Gasteiger partial charge in [-0.25, -0.2) is 4.79 Å². The van der Waals surface area contributed by atoms with E-state index in [0.717, 1.165) is 0 Å². The molecule has 0 saturated carbocycles. The van der Waals surface area contributed by atoms with Crippen molar-refractivity contribution in [1.82, 2.24) is 4.90 Å². The van der Waals surface area contributed by atoms with Crippen molar-refractivity contribution >= 4 is 23.3 Å². The molecule has 1 N–H and O–H groups in total. The number of carbonyl (C=O) groups is 3. The van der Waals surface area contributed by atoms with Gasteiger partial charge in [0.15, 0.2) is 11.8 Å². The number of ether oxygens (including phenoxy) is 1. The maximum absolute atomic E-state index is 12.2. The molecular formula is C16H16N2O7. The lowest BCUT2D eigenvalue weighted by Crippen LogP contribution is -2.64. The summed E-state index contributed by atoms with van der Waals surface area (Å²) in [6.07, 6.45) is -0.852. The summed E-state index contributed by atoms with van der Waals surface area (Å²) in [5.74, 6) is -2.32. The van der Waals surface area contributed by atoms with Gasteiger partial charge in [-0.05, 0) is 24.6 Å². The fourth-order valence-corrected chi connectivity index (χ4v) is 3.33. The van der Waals surface area contributed by atoms with Crippen molar-refractivity contribution in [1.29, 1.82) is 0 Å². The van der Waals surface area contributed by atoms with E-state index in [4.69, 9.17) is 4.74 Å². The van der Waals surface area contributed by atoms with Crippen LogP contribution in [-0.2, 0) is 25.7 Å². The summed E-state index contributed by atoms with van der Waals surface area (Å²) in [6.45, 7) is 1.32. The Kier molecular flexibility index (Phi) is 4.25. The fourth-order valence-electron chi connectivity index (χ4n) is 3.33. The molecule has 0 aromatic heterocycles. The van der Waals surface area contributed by atoms with Gasteiger partial charge in [0.25, 0.3) is 5.69 Å². The Bertz CT molecular complexity index is 743. The Morgan fingerprint density at radius 1 is 1.40 bits per heavy atom. The van der Waals surface area contributed by atoms with Gasteiger partial charge >= 0.3 is 5.97 Å². The predicted molar refractivity (Wildman–Crippen MR) is 82.1 cm³/mol. The average Bonchev–Trinajstić information content (AvgIpc) is 2.85. The molecule has 2 heterocycles. The van der Waals surface area contributed by atoms with Crippen molar-refractivity contribution in [2.75, 3.05) is 0 Å². The number of rotatable bonds is 5. The molecule has 2 saturated heterocycles. The van der Waals surface area contributed by atoms with Gasteiger partial charge in [-0.1, -0.05) is 0 Å². The minimum absolute atomic E-state index is 0.0264. The number of β-lactam (4-membered cyclic amide) rings is 1. The van der Waals surface area contributed by atoms with Crippen LogP contribution in [0.3, 0.4) is 0 Å².